The Labute approximate surface area is 168 Å². The molecule has 0 aliphatic heterocycles. The lowest BCUT2D eigenvalue weighted by Crippen LogP contribution is -2.31. The van der Waals surface area contributed by atoms with E-state index in [1.165, 1.54) is 42.6 Å². The maximum absolute atomic E-state index is 13.2. The van der Waals surface area contributed by atoms with Crippen LogP contribution in [0.3, 0.4) is 0 Å². The summed E-state index contributed by atoms with van der Waals surface area (Å²) in [6.45, 7) is -0.963. The van der Waals surface area contributed by atoms with Crippen molar-refractivity contribution in [1.29, 1.82) is 0 Å². The van der Waals surface area contributed by atoms with E-state index in [1.807, 2.05) is 0 Å². The first-order valence-corrected chi connectivity index (χ1v) is 8.77. The monoisotopic (exact) mass is 415 g/mol. The summed E-state index contributed by atoms with van der Waals surface area (Å²) in [5, 5.41) is 0. The van der Waals surface area contributed by atoms with Gasteiger partial charge in [0.1, 0.15) is 6.67 Å². The largest absolute Gasteiger partial charge is 0.307 e. The normalized spacial score (nSPS) is 10.5. The standard InChI is InChI=1S/C21H16F3N3O3/c22-10-13-1-3-14(4-2-13)19(28)12-27-11-15(5-8-20(27)29)21(30)26-25-16-6-7-17(23)18(24)9-16/h1-9,11,25H,10,12H2,(H,26,30). The number of amides is 1. The molecule has 2 N–H and O–H groups in total. The van der Waals surface area contributed by atoms with Crippen LogP contribution in [-0.2, 0) is 13.2 Å². The number of aromatic nitrogens is 1. The van der Waals surface area contributed by atoms with Gasteiger partial charge >= 0.3 is 0 Å². The molecule has 3 rings (SSSR count). The summed E-state index contributed by atoms with van der Waals surface area (Å²) in [7, 11) is 0. The number of alkyl halides is 1. The summed E-state index contributed by atoms with van der Waals surface area (Å²) in [6.07, 6.45) is 1.21. The van der Waals surface area contributed by atoms with Crippen molar-refractivity contribution in [2.75, 3.05) is 5.43 Å². The zero-order valence-corrected chi connectivity index (χ0v) is 15.5. The van der Waals surface area contributed by atoms with E-state index in [0.29, 0.717) is 11.1 Å². The molecular weight excluding hydrogens is 399 g/mol. The zero-order valence-electron chi connectivity index (χ0n) is 15.5. The summed E-state index contributed by atoms with van der Waals surface area (Å²) in [5.74, 6) is -3.16. The minimum Gasteiger partial charge on any atom is -0.307 e. The Bertz CT molecular complexity index is 1140. The van der Waals surface area contributed by atoms with E-state index in [0.717, 1.165) is 22.8 Å². The van der Waals surface area contributed by atoms with Crippen molar-refractivity contribution in [1.82, 2.24) is 9.99 Å². The van der Waals surface area contributed by atoms with Crippen molar-refractivity contribution in [2.45, 2.75) is 13.2 Å². The van der Waals surface area contributed by atoms with E-state index < -0.39 is 29.8 Å². The lowest BCUT2D eigenvalue weighted by Gasteiger charge is -2.11. The molecule has 3 aromatic rings. The summed E-state index contributed by atoms with van der Waals surface area (Å²) in [6, 6.07) is 11.3. The van der Waals surface area contributed by atoms with Crippen LogP contribution in [0.25, 0.3) is 0 Å². The van der Waals surface area contributed by atoms with E-state index in [4.69, 9.17) is 0 Å². The van der Waals surface area contributed by atoms with Crippen LogP contribution >= 0.6 is 0 Å². The van der Waals surface area contributed by atoms with E-state index in [2.05, 4.69) is 10.9 Å². The Morgan fingerprint density at radius 2 is 1.60 bits per heavy atom. The van der Waals surface area contributed by atoms with Crippen molar-refractivity contribution >= 4 is 17.4 Å². The van der Waals surface area contributed by atoms with Gasteiger partial charge in [-0.15, -0.1) is 0 Å². The summed E-state index contributed by atoms with van der Waals surface area (Å²) in [4.78, 5) is 36.7. The smallest absolute Gasteiger partial charge is 0.271 e. The predicted molar refractivity (Wildman–Crippen MR) is 104 cm³/mol. The highest BCUT2D eigenvalue weighted by molar-refractivity contribution is 5.96. The number of benzene rings is 2. The molecule has 0 atom stereocenters. The number of carbonyl (C=O) groups excluding carboxylic acids is 2. The Kier molecular flexibility index (Phi) is 6.31. The quantitative estimate of drug-likeness (QED) is 0.459. The van der Waals surface area contributed by atoms with Crippen molar-refractivity contribution < 1.29 is 22.8 Å². The third-order valence-corrected chi connectivity index (χ3v) is 4.23. The summed E-state index contributed by atoms with van der Waals surface area (Å²) in [5.41, 5.74) is 5.13. The fourth-order valence-electron chi connectivity index (χ4n) is 2.59. The lowest BCUT2D eigenvalue weighted by atomic mass is 10.1. The number of ketones is 1. The van der Waals surface area contributed by atoms with Crippen LogP contribution in [-0.4, -0.2) is 16.3 Å². The molecule has 0 saturated heterocycles. The second kappa shape index (κ2) is 9.08. The summed E-state index contributed by atoms with van der Waals surface area (Å²) < 4.78 is 39.8. The van der Waals surface area contributed by atoms with Gasteiger partial charge in [0.15, 0.2) is 17.4 Å². The molecule has 2 aromatic carbocycles. The molecule has 0 saturated carbocycles. The highest BCUT2D eigenvalue weighted by Crippen LogP contribution is 2.12. The molecule has 30 heavy (non-hydrogen) atoms. The number of Topliss-reactive ketones (excluding diaryl/α,β-unsaturated/α-hetero) is 1. The van der Waals surface area contributed by atoms with Gasteiger partial charge in [-0.25, -0.2) is 13.2 Å². The van der Waals surface area contributed by atoms with Crippen molar-refractivity contribution in [3.05, 3.63) is 99.5 Å². The second-order valence-corrected chi connectivity index (χ2v) is 6.35. The highest BCUT2D eigenvalue weighted by Gasteiger charge is 2.12. The van der Waals surface area contributed by atoms with Gasteiger partial charge in [-0.1, -0.05) is 24.3 Å². The Hall–Kier alpha value is -3.88. The molecule has 154 valence electrons. The number of nitrogens with one attached hydrogen (secondary N) is 2. The maximum Gasteiger partial charge on any atom is 0.271 e. The fraction of sp³-hybridized carbons (Fsp3) is 0.0952. The van der Waals surface area contributed by atoms with Gasteiger partial charge in [0.2, 0.25) is 0 Å². The number of nitrogens with zero attached hydrogens (tertiary/aromatic N) is 1. The molecule has 9 heteroatoms. The average molecular weight is 415 g/mol. The van der Waals surface area contributed by atoms with Crippen LogP contribution in [0.1, 0.15) is 26.3 Å². The Morgan fingerprint density at radius 1 is 0.900 bits per heavy atom. The topological polar surface area (TPSA) is 80.2 Å². The molecule has 0 unspecified atom stereocenters. The molecule has 6 nitrogen and oxygen atoms in total. The van der Waals surface area contributed by atoms with Crippen LogP contribution in [0.4, 0.5) is 18.9 Å². The van der Waals surface area contributed by atoms with Crippen LogP contribution in [0.5, 0.6) is 0 Å². The minimum absolute atomic E-state index is 0.0604. The van der Waals surface area contributed by atoms with E-state index >= 15 is 0 Å². The first-order chi connectivity index (χ1) is 14.4. The number of carbonyl (C=O) groups is 2. The molecular formula is C21H16F3N3O3. The molecule has 0 bridgehead atoms. The van der Waals surface area contributed by atoms with E-state index in [9.17, 15) is 27.6 Å². The third kappa shape index (κ3) is 4.93. The van der Waals surface area contributed by atoms with Gasteiger partial charge in [0, 0.05) is 23.9 Å². The van der Waals surface area contributed by atoms with Crippen molar-refractivity contribution in [3.8, 4) is 0 Å². The number of pyridine rings is 1. The first kappa shape index (κ1) is 20.8. The van der Waals surface area contributed by atoms with Crippen LogP contribution in [0.15, 0.2) is 65.6 Å². The van der Waals surface area contributed by atoms with E-state index in [-0.39, 0.29) is 23.6 Å². The number of rotatable bonds is 7. The van der Waals surface area contributed by atoms with Crippen molar-refractivity contribution in [2.24, 2.45) is 0 Å². The van der Waals surface area contributed by atoms with Gasteiger partial charge in [-0.2, -0.15) is 0 Å². The molecule has 0 aliphatic rings. The second-order valence-electron chi connectivity index (χ2n) is 6.35. The van der Waals surface area contributed by atoms with Crippen LogP contribution in [0.2, 0.25) is 0 Å². The number of halogens is 3. The zero-order chi connectivity index (χ0) is 21.7. The number of anilines is 1. The minimum atomic E-state index is -1.08. The molecule has 0 radical (unpaired) electrons. The van der Waals surface area contributed by atoms with Crippen LogP contribution in [0, 0.1) is 11.6 Å². The number of hydrogen-bond donors (Lipinski definition) is 2. The molecule has 0 fully saturated rings. The van der Waals surface area contributed by atoms with Gasteiger partial charge in [0.25, 0.3) is 11.5 Å². The molecule has 1 aromatic heterocycles. The summed E-state index contributed by atoms with van der Waals surface area (Å²) >= 11 is 0. The van der Waals surface area contributed by atoms with Gasteiger partial charge < -0.3 is 4.57 Å². The predicted octanol–water partition coefficient (Wildman–Crippen LogP) is 3.24. The van der Waals surface area contributed by atoms with E-state index in [1.54, 1.807) is 0 Å². The lowest BCUT2D eigenvalue weighted by molar-refractivity contribution is 0.0950. The molecule has 0 spiro atoms. The Morgan fingerprint density at radius 3 is 2.27 bits per heavy atom. The molecule has 1 amide bonds. The van der Waals surface area contributed by atoms with Gasteiger partial charge in [0.05, 0.1) is 17.8 Å². The first-order valence-electron chi connectivity index (χ1n) is 8.77. The molecule has 1 heterocycles. The third-order valence-electron chi connectivity index (χ3n) is 4.23. The Balaban J connectivity index is 1.70. The highest BCUT2D eigenvalue weighted by atomic mass is 19.2. The number of hydrazine groups is 1. The fourth-order valence-corrected chi connectivity index (χ4v) is 2.59. The van der Waals surface area contributed by atoms with Crippen LogP contribution < -0.4 is 16.4 Å². The SMILES string of the molecule is O=C(Cn1cc(C(=O)NNc2ccc(F)c(F)c2)ccc1=O)c1ccc(CF)cc1. The average Bonchev–Trinajstić information content (AvgIpc) is 2.75. The number of hydrogen-bond acceptors (Lipinski definition) is 4. The van der Waals surface area contributed by atoms with Gasteiger partial charge in [-0.3, -0.25) is 25.2 Å². The maximum atomic E-state index is 13.2. The van der Waals surface area contributed by atoms with Gasteiger partial charge in [-0.05, 0) is 23.8 Å². The van der Waals surface area contributed by atoms with Crippen molar-refractivity contribution in [3.63, 3.8) is 0 Å². The molecule has 0 aliphatic carbocycles.